The van der Waals surface area contributed by atoms with Crippen LogP contribution >= 0.6 is 11.3 Å². The second-order valence-electron chi connectivity index (χ2n) is 3.46. The summed E-state index contributed by atoms with van der Waals surface area (Å²) >= 11 is 1.18. The van der Waals surface area contributed by atoms with Crippen molar-refractivity contribution in [3.05, 3.63) is 47.4 Å². The topological polar surface area (TPSA) is 73.3 Å². The maximum atomic E-state index is 12.2. The molecule has 0 spiro atoms. The highest BCUT2D eigenvalue weighted by Crippen LogP contribution is 2.19. The van der Waals surface area contributed by atoms with Crippen molar-refractivity contribution in [3.63, 3.8) is 0 Å². The fourth-order valence-electron chi connectivity index (χ4n) is 1.62. The third-order valence-electron chi connectivity index (χ3n) is 2.40. The number of nitrogens with two attached hydrogens (primary N) is 1. The summed E-state index contributed by atoms with van der Waals surface area (Å²) in [6, 6.07) is 5.57. The van der Waals surface area contributed by atoms with Gasteiger partial charge in [0, 0.05) is 6.20 Å². The van der Waals surface area contributed by atoms with Crippen LogP contribution in [0.3, 0.4) is 0 Å². The third-order valence-corrected chi connectivity index (χ3v) is 3.22. The van der Waals surface area contributed by atoms with Gasteiger partial charge in [0.15, 0.2) is 5.13 Å². The number of imidazole rings is 1. The lowest BCUT2D eigenvalue weighted by molar-refractivity contribution is 0.103. The van der Waals surface area contributed by atoms with Crippen LogP contribution in [-0.2, 0) is 0 Å². The summed E-state index contributed by atoms with van der Waals surface area (Å²) in [4.78, 5) is 20.8. The molecule has 0 saturated carbocycles. The molecule has 84 valence electrons. The summed E-state index contributed by atoms with van der Waals surface area (Å²) in [6.07, 6.45) is 4.86. The highest BCUT2D eigenvalue weighted by Gasteiger charge is 2.16. The van der Waals surface area contributed by atoms with E-state index in [-0.39, 0.29) is 5.78 Å². The first kappa shape index (κ1) is 9.98. The normalized spacial score (nSPS) is 10.8. The third kappa shape index (κ3) is 1.58. The first-order valence-electron chi connectivity index (χ1n) is 4.94. The number of thiazole rings is 1. The Morgan fingerprint density at radius 1 is 1.29 bits per heavy atom. The monoisotopic (exact) mass is 244 g/mol. The van der Waals surface area contributed by atoms with Crippen LogP contribution in [-0.4, -0.2) is 20.2 Å². The molecule has 3 rings (SSSR count). The highest BCUT2D eigenvalue weighted by atomic mass is 32.1. The molecular formula is C11H8N4OS. The molecule has 0 aliphatic rings. The molecular weight excluding hydrogens is 236 g/mol. The Bertz CT molecular complexity index is 700. The molecule has 0 aliphatic heterocycles. The summed E-state index contributed by atoms with van der Waals surface area (Å²) in [6.45, 7) is 0. The predicted molar refractivity (Wildman–Crippen MR) is 65.2 cm³/mol. The molecule has 2 N–H and O–H groups in total. The van der Waals surface area contributed by atoms with Crippen LogP contribution in [0.15, 0.2) is 36.8 Å². The van der Waals surface area contributed by atoms with Gasteiger partial charge in [-0.2, -0.15) is 0 Å². The van der Waals surface area contributed by atoms with Gasteiger partial charge in [-0.05, 0) is 12.1 Å². The van der Waals surface area contributed by atoms with Crippen LogP contribution < -0.4 is 5.73 Å². The minimum Gasteiger partial charge on any atom is -0.375 e. The number of rotatable bonds is 2. The number of pyridine rings is 1. The molecule has 6 heteroatoms. The van der Waals surface area contributed by atoms with E-state index in [1.165, 1.54) is 17.5 Å². The van der Waals surface area contributed by atoms with E-state index in [0.717, 1.165) is 5.65 Å². The Hall–Kier alpha value is -2.21. The number of anilines is 1. The van der Waals surface area contributed by atoms with Crippen molar-refractivity contribution in [1.29, 1.82) is 0 Å². The lowest BCUT2D eigenvalue weighted by Crippen LogP contribution is -2.02. The van der Waals surface area contributed by atoms with Gasteiger partial charge in [0.25, 0.3) is 0 Å². The Kier molecular flexibility index (Phi) is 2.15. The van der Waals surface area contributed by atoms with E-state index in [1.54, 1.807) is 16.8 Å². The average molecular weight is 244 g/mol. The molecule has 0 unspecified atom stereocenters. The van der Waals surface area contributed by atoms with E-state index in [2.05, 4.69) is 9.97 Å². The van der Waals surface area contributed by atoms with Crippen molar-refractivity contribution >= 4 is 27.9 Å². The number of carbonyl (C=O) groups excluding carboxylic acids is 1. The van der Waals surface area contributed by atoms with Gasteiger partial charge in [-0.1, -0.05) is 17.4 Å². The smallest absolute Gasteiger partial charge is 0.222 e. The van der Waals surface area contributed by atoms with Crippen LogP contribution in [0.4, 0.5) is 5.13 Å². The van der Waals surface area contributed by atoms with Crippen molar-refractivity contribution in [1.82, 2.24) is 14.4 Å². The number of nitrogens with zero attached hydrogens (tertiary/aromatic N) is 3. The zero-order valence-corrected chi connectivity index (χ0v) is 9.52. The standard InChI is InChI=1S/C11H8N4OS/c12-11-14-6-8(17-11)10(16)7-5-13-9-3-1-2-4-15(7)9/h1-6H,(H2,12,14). The largest absolute Gasteiger partial charge is 0.375 e. The zero-order chi connectivity index (χ0) is 11.8. The van der Waals surface area contributed by atoms with Crippen LogP contribution in [0, 0.1) is 0 Å². The molecule has 0 saturated heterocycles. The zero-order valence-electron chi connectivity index (χ0n) is 8.70. The molecule has 0 atom stereocenters. The van der Waals surface area contributed by atoms with Gasteiger partial charge >= 0.3 is 0 Å². The van der Waals surface area contributed by atoms with Crippen LogP contribution in [0.2, 0.25) is 0 Å². The van der Waals surface area contributed by atoms with Crippen molar-refractivity contribution < 1.29 is 4.79 Å². The molecule has 0 aliphatic carbocycles. The van der Waals surface area contributed by atoms with Crippen molar-refractivity contribution in [3.8, 4) is 0 Å². The van der Waals surface area contributed by atoms with Gasteiger partial charge < -0.3 is 5.73 Å². The Labute approximate surface area is 101 Å². The summed E-state index contributed by atoms with van der Waals surface area (Å²) < 4.78 is 1.75. The molecule has 0 amide bonds. The number of ketones is 1. The number of nitrogen functional groups attached to an aromatic ring is 1. The molecule has 0 radical (unpaired) electrons. The van der Waals surface area contributed by atoms with Gasteiger partial charge in [0.1, 0.15) is 11.3 Å². The predicted octanol–water partition coefficient (Wildman–Crippen LogP) is 1.60. The Balaban J connectivity index is 2.13. The lowest BCUT2D eigenvalue weighted by atomic mass is 10.3. The first-order valence-corrected chi connectivity index (χ1v) is 5.75. The number of hydrogen-bond donors (Lipinski definition) is 1. The van der Waals surface area contributed by atoms with Crippen LogP contribution in [0.1, 0.15) is 15.4 Å². The second-order valence-corrected chi connectivity index (χ2v) is 4.53. The molecule has 3 heterocycles. The lowest BCUT2D eigenvalue weighted by Gasteiger charge is -1.97. The summed E-state index contributed by atoms with van der Waals surface area (Å²) in [5.74, 6) is -0.113. The molecule has 0 aromatic carbocycles. The van der Waals surface area contributed by atoms with E-state index in [4.69, 9.17) is 5.73 Å². The number of carbonyl (C=O) groups is 1. The summed E-state index contributed by atoms with van der Waals surface area (Å²) in [5, 5.41) is 0.391. The molecule has 0 fully saturated rings. The Morgan fingerprint density at radius 2 is 2.18 bits per heavy atom. The summed E-state index contributed by atoms with van der Waals surface area (Å²) in [5.41, 5.74) is 6.78. The first-order chi connectivity index (χ1) is 8.25. The van der Waals surface area contributed by atoms with E-state index in [0.29, 0.717) is 15.7 Å². The SMILES string of the molecule is Nc1ncc(C(=O)c2cnc3ccccn23)s1. The van der Waals surface area contributed by atoms with E-state index < -0.39 is 0 Å². The highest BCUT2D eigenvalue weighted by molar-refractivity contribution is 7.17. The molecule has 0 bridgehead atoms. The van der Waals surface area contributed by atoms with Crippen molar-refractivity contribution in [2.75, 3.05) is 5.73 Å². The number of aromatic nitrogens is 3. The van der Waals surface area contributed by atoms with E-state index in [1.807, 2.05) is 18.2 Å². The van der Waals surface area contributed by atoms with Crippen molar-refractivity contribution in [2.24, 2.45) is 0 Å². The number of fused-ring (bicyclic) bond motifs is 1. The minimum atomic E-state index is -0.113. The summed E-state index contributed by atoms with van der Waals surface area (Å²) in [7, 11) is 0. The quantitative estimate of drug-likeness (QED) is 0.695. The number of hydrogen-bond acceptors (Lipinski definition) is 5. The molecule has 3 aromatic heterocycles. The second kappa shape index (κ2) is 3.67. The van der Waals surface area contributed by atoms with Crippen molar-refractivity contribution in [2.45, 2.75) is 0 Å². The maximum Gasteiger partial charge on any atom is 0.222 e. The van der Waals surface area contributed by atoms with Gasteiger partial charge in [-0.15, -0.1) is 0 Å². The van der Waals surface area contributed by atoms with Gasteiger partial charge in [0.05, 0.1) is 17.3 Å². The van der Waals surface area contributed by atoms with Crippen LogP contribution in [0.25, 0.3) is 5.65 Å². The average Bonchev–Trinajstić information content (AvgIpc) is 2.94. The van der Waals surface area contributed by atoms with Crippen LogP contribution in [0.5, 0.6) is 0 Å². The molecule has 5 nitrogen and oxygen atoms in total. The fraction of sp³-hybridized carbons (Fsp3) is 0. The Morgan fingerprint density at radius 3 is 2.94 bits per heavy atom. The van der Waals surface area contributed by atoms with Gasteiger partial charge in [-0.25, -0.2) is 9.97 Å². The van der Waals surface area contributed by atoms with E-state index >= 15 is 0 Å². The fourth-order valence-corrected chi connectivity index (χ4v) is 2.25. The van der Waals surface area contributed by atoms with Gasteiger partial charge in [-0.3, -0.25) is 9.20 Å². The molecule has 3 aromatic rings. The minimum absolute atomic E-state index is 0.113. The maximum absolute atomic E-state index is 12.2. The van der Waals surface area contributed by atoms with Gasteiger partial charge in [0.2, 0.25) is 5.78 Å². The van der Waals surface area contributed by atoms with E-state index in [9.17, 15) is 4.79 Å². The molecule has 17 heavy (non-hydrogen) atoms.